The fourth-order valence-corrected chi connectivity index (χ4v) is 7.26. The first-order chi connectivity index (χ1) is 26.3. The molecule has 0 radical (unpaired) electrons. The van der Waals surface area contributed by atoms with Gasteiger partial charge in [0.25, 0.3) is 6.26 Å². The van der Waals surface area contributed by atoms with Crippen molar-refractivity contribution < 1.29 is 38.4 Å². The summed E-state index contributed by atoms with van der Waals surface area (Å²) in [4.78, 5) is 14.7. The molecule has 0 amide bonds. The van der Waals surface area contributed by atoms with Crippen molar-refractivity contribution in [2.45, 2.75) is 141 Å². The number of unbranched alkanes of at least 4 members (excludes halogenated alkanes) is 15. The molecule has 0 fully saturated rings. The Balaban J connectivity index is 1.36. The van der Waals surface area contributed by atoms with Crippen LogP contribution in [0.3, 0.4) is 0 Å². The van der Waals surface area contributed by atoms with E-state index in [4.69, 9.17) is 40.8 Å². The summed E-state index contributed by atoms with van der Waals surface area (Å²) >= 11 is 5.22. The molecule has 5 N–H and O–H groups in total. The largest absolute Gasteiger partial charge is 0.419 e. The lowest BCUT2D eigenvalue weighted by molar-refractivity contribution is -0.0797. The zero-order valence-corrected chi connectivity index (χ0v) is 33.6. The summed E-state index contributed by atoms with van der Waals surface area (Å²) in [6, 6.07) is 12.8. The Bertz CT molecular complexity index is 1510. The molecule has 0 spiro atoms. The van der Waals surface area contributed by atoms with Gasteiger partial charge in [0.2, 0.25) is 0 Å². The van der Waals surface area contributed by atoms with Crippen LogP contribution < -0.4 is 5.73 Å². The maximum Gasteiger partial charge on any atom is 0.324 e. The molecule has 0 aliphatic heterocycles. The topological polar surface area (TPSA) is 187 Å². The smallest absolute Gasteiger partial charge is 0.324 e. The van der Waals surface area contributed by atoms with Gasteiger partial charge in [-0.3, -0.25) is 0 Å². The third-order valence-electron chi connectivity index (χ3n) is 9.32. The third kappa shape index (κ3) is 17.8. The van der Waals surface area contributed by atoms with Crippen molar-refractivity contribution in [3.8, 4) is 6.26 Å². The van der Waals surface area contributed by atoms with Gasteiger partial charge in [0.1, 0.15) is 30.2 Å². The molecule has 2 aromatic heterocycles. The highest BCUT2D eigenvalue weighted by Gasteiger charge is 2.33. The van der Waals surface area contributed by atoms with Crippen LogP contribution in [0.2, 0.25) is 0 Å². The van der Waals surface area contributed by atoms with Gasteiger partial charge in [-0.15, -0.1) is 0 Å². The maximum atomic E-state index is 10.9. The summed E-state index contributed by atoms with van der Waals surface area (Å²) in [5.41, 5.74) is 7.43. The van der Waals surface area contributed by atoms with Crippen molar-refractivity contribution in [1.82, 2.24) is 14.6 Å². The number of aliphatic hydroxyl groups is 2. The minimum Gasteiger partial charge on any atom is -0.419 e. The Morgan fingerprint density at radius 2 is 1.43 bits per heavy atom. The number of aromatic nitrogens is 3. The number of anilines is 1. The molecule has 3 aromatic rings. The number of aliphatic hydroxyl groups excluding tert-OH is 2. The highest BCUT2D eigenvalue weighted by molar-refractivity contribution is 8.07. The van der Waals surface area contributed by atoms with Crippen molar-refractivity contribution in [2.75, 3.05) is 32.2 Å². The lowest BCUT2D eigenvalue weighted by Crippen LogP contribution is -2.37. The number of fused-ring (bicyclic) bond motifs is 1. The number of hydrogen-bond donors (Lipinski definition) is 4. The van der Waals surface area contributed by atoms with E-state index in [1.54, 1.807) is 6.07 Å². The standard InChI is InChI=1S/C39H62N5O8PS/c1-2-3-4-5-6-7-8-9-10-11-12-13-14-15-16-20-25-48-27-33(49-26-32-21-18-17-19-22-32)28-51-53(47,54)52-29-36(50-30-40)38(46)37(45)34-23-24-35-39(41)42-31-43-44(34)35/h17-19,21-24,31,33,36-38,45-46H,2-16,20,25-29H2,1H3,(H,47,54)(H2,41,42,43)/t33-,36-,37+,38-,53?/m1/s1. The molecule has 0 bridgehead atoms. The van der Waals surface area contributed by atoms with Gasteiger partial charge in [0, 0.05) is 6.61 Å². The number of nitrogens with two attached hydrogens (primary N) is 1. The third-order valence-corrected chi connectivity index (χ3v) is 10.9. The summed E-state index contributed by atoms with van der Waals surface area (Å²) in [5, 5.41) is 35.1. The number of benzene rings is 1. The maximum absolute atomic E-state index is 10.9. The Morgan fingerprint density at radius 3 is 2.04 bits per heavy atom. The fraction of sp³-hybridized carbons (Fsp3) is 0.667. The average molecular weight is 792 g/mol. The fourth-order valence-electron chi connectivity index (χ4n) is 6.13. The van der Waals surface area contributed by atoms with Gasteiger partial charge in [0.15, 0.2) is 11.9 Å². The van der Waals surface area contributed by atoms with Gasteiger partial charge in [0.05, 0.1) is 32.1 Å². The molecule has 2 heterocycles. The Morgan fingerprint density at radius 1 is 0.833 bits per heavy atom. The molecule has 54 heavy (non-hydrogen) atoms. The van der Waals surface area contributed by atoms with Crippen molar-refractivity contribution in [3.05, 3.63) is 60.0 Å². The first-order valence-electron chi connectivity index (χ1n) is 19.6. The number of nitrogens with zero attached hydrogens (tertiary/aromatic N) is 4. The number of hydrogen-bond acceptors (Lipinski definition) is 12. The summed E-state index contributed by atoms with van der Waals surface area (Å²) in [7, 11) is 0. The summed E-state index contributed by atoms with van der Waals surface area (Å²) in [6.45, 7) is -1.19. The molecular formula is C39H62N5O8PS. The predicted molar refractivity (Wildman–Crippen MR) is 213 cm³/mol. The van der Waals surface area contributed by atoms with Crippen molar-refractivity contribution in [1.29, 1.82) is 5.26 Å². The van der Waals surface area contributed by atoms with Gasteiger partial charge in [-0.1, -0.05) is 134 Å². The molecule has 0 saturated heterocycles. The summed E-state index contributed by atoms with van der Waals surface area (Å²) in [6.07, 6.45) is 18.4. The first kappa shape index (κ1) is 45.7. The first-order valence-corrected chi connectivity index (χ1v) is 22.2. The van der Waals surface area contributed by atoms with E-state index in [2.05, 4.69) is 17.0 Å². The lowest BCUT2D eigenvalue weighted by atomic mass is 10.0. The molecule has 1 aromatic carbocycles. The molecule has 3 rings (SSSR count). The van der Waals surface area contributed by atoms with Gasteiger partial charge in [-0.2, -0.15) is 10.4 Å². The lowest BCUT2D eigenvalue weighted by Gasteiger charge is -2.26. The van der Waals surface area contributed by atoms with Gasteiger partial charge in [-0.25, -0.2) is 9.50 Å². The van der Waals surface area contributed by atoms with Crippen LogP contribution in [0.25, 0.3) is 5.52 Å². The van der Waals surface area contributed by atoms with Crippen LogP contribution in [0.4, 0.5) is 5.82 Å². The molecule has 0 saturated carbocycles. The molecule has 1 unspecified atom stereocenters. The van der Waals surface area contributed by atoms with E-state index in [-0.39, 0.29) is 24.7 Å². The van der Waals surface area contributed by atoms with E-state index in [0.29, 0.717) is 18.7 Å². The zero-order valence-electron chi connectivity index (χ0n) is 31.9. The van der Waals surface area contributed by atoms with Crippen molar-refractivity contribution in [3.63, 3.8) is 0 Å². The molecule has 13 nitrogen and oxygen atoms in total. The number of nitrogen functional groups attached to an aromatic ring is 1. The molecular weight excluding hydrogens is 729 g/mol. The number of nitriles is 1. The van der Waals surface area contributed by atoms with E-state index >= 15 is 0 Å². The van der Waals surface area contributed by atoms with Crippen LogP contribution in [0.5, 0.6) is 0 Å². The predicted octanol–water partition coefficient (Wildman–Crippen LogP) is 7.69. The molecule has 15 heteroatoms. The van der Waals surface area contributed by atoms with E-state index in [1.807, 2.05) is 30.3 Å². The van der Waals surface area contributed by atoms with Gasteiger partial charge in [-0.05, 0) is 35.9 Å². The highest BCUT2D eigenvalue weighted by atomic mass is 32.5. The molecule has 302 valence electrons. The van der Waals surface area contributed by atoms with E-state index in [0.717, 1.165) is 18.4 Å². The van der Waals surface area contributed by atoms with E-state index < -0.39 is 37.7 Å². The number of rotatable bonds is 32. The van der Waals surface area contributed by atoms with Crippen LogP contribution in [-0.4, -0.2) is 74.4 Å². The van der Waals surface area contributed by atoms with Crippen LogP contribution in [0.1, 0.15) is 127 Å². The Kier molecular flexibility index (Phi) is 22.8. The highest BCUT2D eigenvalue weighted by Crippen LogP contribution is 2.44. The van der Waals surface area contributed by atoms with Gasteiger partial charge >= 0.3 is 6.72 Å². The summed E-state index contributed by atoms with van der Waals surface area (Å²) in [5.74, 6) is 0.181. The normalized spacial score (nSPS) is 15.0. The van der Waals surface area contributed by atoms with Crippen molar-refractivity contribution in [2.24, 2.45) is 0 Å². The Hall–Kier alpha value is -2.70. The minimum absolute atomic E-state index is 0.119. The summed E-state index contributed by atoms with van der Waals surface area (Å²) < 4.78 is 29.4. The second-order valence-electron chi connectivity index (χ2n) is 13.7. The van der Waals surface area contributed by atoms with Crippen LogP contribution in [0, 0.1) is 11.5 Å². The zero-order chi connectivity index (χ0) is 38.9. The monoisotopic (exact) mass is 791 g/mol. The van der Waals surface area contributed by atoms with E-state index in [1.165, 1.54) is 113 Å². The quantitative estimate of drug-likeness (QED) is 0.0274. The molecule has 5 atom stereocenters. The van der Waals surface area contributed by atoms with Gasteiger partial charge < -0.3 is 44.1 Å². The second-order valence-corrected chi connectivity index (χ2v) is 16.6. The number of ether oxygens (including phenoxy) is 3. The van der Waals surface area contributed by atoms with Crippen LogP contribution in [0.15, 0.2) is 48.8 Å². The minimum atomic E-state index is -3.90. The Labute approximate surface area is 326 Å². The second kappa shape index (κ2) is 27.0. The SMILES string of the molecule is CCCCCCCCCCCCCCCCCCOC[C@H](COP(O)(=S)OC[C@@H](OC#N)[C@@H](O)[C@@H](O)c1ccc2c(N)ncnn12)OCc1ccccc1. The average Bonchev–Trinajstić information content (AvgIpc) is 3.62. The van der Waals surface area contributed by atoms with Crippen LogP contribution in [-0.2, 0) is 41.7 Å². The molecule has 0 aliphatic carbocycles. The van der Waals surface area contributed by atoms with E-state index in [9.17, 15) is 20.4 Å². The molecule has 0 aliphatic rings. The van der Waals surface area contributed by atoms with Crippen LogP contribution >= 0.6 is 6.72 Å². The van der Waals surface area contributed by atoms with Crippen molar-refractivity contribution >= 4 is 29.9 Å².